The van der Waals surface area contributed by atoms with Gasteiger partial charge in [0.15, 0.2) is 6.29 Å². The van der Waals surface area contributed by atoms with Crippen molar-refractivity contribution in [2.24, 2.45) is 0 Å². The van der Waals surface area contributed by atoms with Crippen LogP contribution in [0.25, 0.3) is 0 Å². The number of esters is 1. The Balaban J connectivity index is 2.32. The van der Waals surface area contributed by atoms with Crippen LogP contribution in [0.4, 0.5) is 0 Å². The summed E-state index contributed by atoms with van der Waals surface area (Å²) in [4.78, 5) is 12.8. The summed E-state index contributed by atoms with van der Waals surface area (Å²) in [5, 5.41) is 30.6. The van der Waals surface area contributed by atoms with Crippen LogP contribution < -0.4 is 0 Å². The summed E-state index contributed by atoms with van der Waals surface area (Å²) in [7, 11) is -5.06. The quantitative estimate of drug-likeness (QED) is 0.0198. The molecule has 1 rings (SSSR count). The number of hydrogen-bond acceptors (Lipinski definition) is 11. The Labute approximate surface area is 359 Å². The van der Waals surface area contributed by atoms with Gasteiger partial charge in [0.05, 0.1) is 19.8 Å². The number of aliphatic hydroxyl groups excluding tert-OH is 3. The van der Waals surface area contributed by atoms with Crippen molar-refractivity contribution >= 4 is 16.4 Å². The van der Waals surface area contributed by atoms with Gasteiger partial charge in [-0.25, -0.2) is 4.18 Å². The molecule has 59 heavy (non-hydrogen) atoms. The topological polar surface area (TPSA) is 178 Å². The lowest BCUT2D eigenvalue weighted by Crippen LogP contribution is -2.60. The molecule has 1 aliphatic heterocycles. The SMILES string of the molecule is CCCCCCCCCC/C=C\CCCCCCCCCCCCOCC(COC1OC(CO)C(O)C(OS(=O)(=O)O)C1O)OC(=O)CCCCCCCCCCCC. The van der Waals surface area contributed by atoms with Gasteiger partial charge >= 0.3 is 16.4 Å². The van der Waals surface area contributed by atoms with Crippen molar-refractivity contribution in [1.29, 1.82) is 0 Å². The normalized spacial score (nSPS) is 20.4. The maximum atomic E-state index is 12.8. The van der Waals surface area contributed by atoms with E-state index in [0.29, 0.717) is 13.0 Å². The van der Waals surface area contributed by atoms with E-state index in [0.717, 1.165) is 38.5 Å². The average Bonchev–Trinajstić information content (AvgIpc) is 3.20. The van der Waals surface area contributed by atoms with Gasteiger partial charge in [0.25, 0.3) is 0 Å². The number of carbonyl (C=O) groups is 1. The van der Waals surface area contributed by atoms with Gasteiger partial charge in [-0.05, 0) is 38.5 Å². The number of allylic oxidation sites excluding steroid dienone is 2. The van der Waals surface area contributed by atoms with Crippen molar-refractivity contribution in [3.63, 3.8) is 0 Å². The van der Waals surface area contributed by atoms with Gasteiger partial charge in [-0.15, -0.1) is 0 Å². The van der Waals surface area contributed by atoms with Gasteiger partial charge in [-0.2, -0.15) is 8.42 Å². The smallest absolute Gasteiger partial charge is 0.397 e. The number of aliphatic hydroxyl groups is 3. The molecule has 4 N–H and O–H groups in total. The summed E-state index contributed by atoms with van der Waals surface area (Å²) in [5.74, 6) is -0.399. The Kier molecular flexibility index (Phi) is 36.5. The highest BCUT2D eigenvalue weighted by atomic mass is 32.3. The highest BCUT2D eigenvalue weighted by Crippen LogP contribution is 2.26. The van der Waals surface area contributed by atoms with Crippen molar-refractivity contribution in [1.82, 2.24) is 0 Å². The fourth-order valence-electron chi connectivity index (χ4n) is 7.49. The molecule has 1 fully saturated rings. The molecule has 0 aromatic rings. The lowest BCUT2D eigenvalue weighted by atomic mass is 9.99. The van der Waals surface area contributed by atoms with Crippen molar-refractivity contribution in [2.75, 3.05) is 26.4 Å². The fourth-order valence-corrected chi connectivity index (χ4v) is 8.00. The van der Waals surface area contributed by atoms with Gasteiger partial charge in [-0.3, -0.25) is 9.35 Å². The maximum Gasteiger partial charge on any atom is 0.397 e. The van der Waals surface area contributed by atoms with E-state index in [9.17, 15) is 28.5 Å². The van der Waals surface area contributed by atoms with Crippen molar-refractivity contribution in [2.45, 2.75) is 250 Å². The minimum atomic E-state index is -5.06. The number of carbonyl (C=O) groups excluding carboxylic acids is 1. The van der Waals surface area contributed by atoms with Crippen LogP contribution in [0, 0.1) is 0 Å². The molecule has 1 saturated heterocycles. The van der Waals surface area contributed by atoms with Gasteiger partial charge in [0.1, 0.15) is 30.5 Å². The summed E-state index contributed by atoms with van der Waals surface area (Å²) in [6.07, 6.45) is 32.6. The van der Waals surface area contributed by atoms with E-state index < -0.39 is 59.8 Å². The van der Waals surface area contributed by atoms with Crippen LogP contribution in [-0.4, -0.2) is 97.5 Å². The van der Waals surface area contributed by atoms with E-state index in [1.807, 2.05) is 0 Å². The van der Waals surface area contributed by atoms with E-state index in [1.165, 1.54) is 148 Å². The van der Waals surface area contributed by atoms with Crippen molar-refractivity contribution in [3.8, 4) is 0 Å². The van der Waals surface area contributed by atoms with Crippen LogP contribution in [0.3, 0.4) is 0 Å². The summed E-state index contributed by atoms with van der Waals surface area (Å²) < 4.78 is 59.0. The lowest BCUT2D eigenvalue weighted by molar-refractivity contribution is -0.301. The number of rotatable bonds is 42. The van der Waals surface area contributed by atoms with Crippen LogP contribution >= 0.6 is 0 Å². The molecule has 13 heteroatoms. The van der Waals surface area contributed by atoms with E-state index in [2.05, 4.69) is 30.2 Å². The predicted molar refractivity (Wildman–Crippen MR) is 234 cm³/mol. The molecule has 0 spiro atoms. The van der Waals surface area contributed by atoms with E-state index in [4.69, 9.17) is 23.5 Å². The van der Waals surface area contributed by atoms with Crippen LogP contribution in [0.5, 0.6) is 0 Å². The second kappa shape index (κ2) is 38.5. The van der Waals surface area contributed by atoms with Gasteiger partial charge in [0, 0.05) is 13.0 Å². The second-order valence-corrected chi connectivity index (χ2v) is 17.8. The van der Waals surface area contributed by atoms with Crippen LogP contribution in [0.2, 0.25) is 0 Å². The summed E-state index contributed by atoms with van der Waals surface area (Å²) in [6.45, 7) is 3.99. The zero-order chi connectivity index (χ0) is 43.2. The molecule has 0 saturated carbocycles. The van der Waals surface area contributed by atoms with E-state index >= 15 is 0 Å². The van der Waals surface area contributed by atoms with Crippen molar-refractivity contribution < 1.29 is 56.2 Å². The first-order valence-electron chi connectivity index (χ1n) is 23.9. The largest absolute Gasteiger partial charge is 0.457 e. The molecule has 0 bridgehead atoms. The molecule has 12 nitrogen and oxygen atoms in total. The molecule has 0 aliphatic carbocycles. The van der Waals surface area contributed by atoms with E-state index in [-0.39, 0.29) is 19.6 Å². The molecule has 0 amide bonds. The highest BCUT2D eigenvalue weighted by Gasteiger charge is 2.48. The average molecular weight is 865 g/mol. The highest BCUT2D eigenvalue weighted by molar-refractivity contribution is 7.80. The molecular formula is C46H88O12S. The predicted octanol–water partition coefficient (Wildman–Crippen LogP) is 10.2. The monoisotopic (exact) mass is 865 g/mol. The third-order valence-corrected chi connectivity index (χ3v) is 11.6. The first kappa shape index (κ1) is 55.9. The summed E-state index contributed by atoms with van der Waals surface area (Å²) >= 11 is 0. The van der Waals surface area contributed by atoms with Crippen molar-refractivity contribution in [3.05, 3.63) is 12.2 Å². The zero-order valence-corrected chi connectivity index (χ0v) is 38.1. The van der Waals surface area contributed by atoms with Crippen LogP contribution in [0.15, 0.2) is 12.2 Å². The van der Waals surface area contributed by atoms with E-state index in [1.54, 1.807) is 0 Å². The Morgan fingerprint density at radius 2 is 1.07 bits per heavy atom. The summed E-state index contributed by atoms with van der Waals surface area (Å²) in [6, 6.07) is 0. The molecule has 6 atom stereocenters. The van der Waals surface area contributed by atoms with Crippen LogP contribution in [-0.2, 0) is 38.3 Å². The number of unbranched alkanes of at least 4 members (excludes halogenated alkanes) is 27. The molecule has 0 radical (unpaired) electrons. The minimum Gasteiger partial charge on any atom is -0.457 e. The first-order valence-corrected chi connectivity index (χ1v) is 25.3. The summed E-state index contributed by atoms with van der Waals surface area (Å²) in [5.41, 5.74) is 0. The fraction of sp³-hybridized carbons (Fsp3) is 0.935. The third-order valence-electron chi connectivity index (χ3n) is 11.1. The van der Waals surface area contributed by atoms with Gasteiger partial charge in [0.2, 0.25) is 0 Å². The Bertz CT molecular complexity index is 1090. The molecule has 0 aromatic heterocycles. The second-order valence-electron chi connectivity index (χ2n) is 16.7. The Hall–Kier alpha value is -1.16. The van der Waals surface area contributed by atoms with Crippen LogP contribution in [0.1, 0.15) is 213 Å². The Morgan fingerprint density at radius 1 is 0.627 bits per heavy atom. The number of hydrogen-bond donors (Lipinski definition) is 4. The Morgan fingerprint density at radius 3 is 1.53 bits per heavy atom. The maximum absolute atomic E-state index is 12.8. The third kappa shape index (κ3) is 32.2. The number of ether oxygens (including phenoxy) is 4. The molecule has 1 heterocycles. The molecule has 1 aliphatic rings. The first-order chi connectivity index (χ1) is 28.6. The lowest BCUT2D eigenvalue weighted by Gasteiger charge is -2.41. The standard InChI is InChI=1S/C46H88O12S/c1-3-5-7-9-11-13-15-16-17-18-19-20-21-22-23-24-25-26-28-30-32-34-36-54-38-40(56-42(48)35-33-31-29-27-14-12-10-8-6-4-2)39-55-46-44(50)45(58-59(51,52)53)43(49)41(37-47)57-46/h18-19,40-41,43-47,49-50H,3-17,20-39H2,1-2H3,(H,51,52,53)/b19-18-. The molecular weight excluding hydrogens is 777 g/mol. The molecule has 0 aromatic carbocycles. The molecule has 350 valence electrons. The van der Waals surface area contributed by atoms with Gasteiger partial charge in [-0.1, -0.05) is 180 Å². The van der Waals surface area contributed by atoms with Gasteiger partial charge < -0.3 is 34.3 Å². The minimum absolute atomic E-state index is 0.0403. The molecule has 6 unspecified atom stereocenters. The zero-order valence-electron chi connectivity index (χ0n) is 37.3.